The Morgan fingerprint density at radius 1 is 1.40 bits per heavy atom. The van der Waals surface area contributed by atoms with E-state index in [1.807, 2.05) is 11.8 Å². The first-order valence-electron chi connectivity index (χ1n) is 7.68. The predicted octanol–water partition coefficient (Wildman–Crippen LogP) is 5.49. The molecule has 0 bridgehead atoms. The van der Waals surface area contributed by atoms with Crippen LogP contribution in [0.1, 0.15) is 46.5 Å². The quantitative estimate of drug-likeness (QED) is 0.749. The van der Waals surface area contributed by atoms with Crippen molar-refractivity contribution in [3.05, 3.63) is 28.7 Å². The van der Waals surface area contributed by atoms with Crippen molar-refractivity contribution in [2.24, 2.45) is 5.41 Å². The molecule has 0 saturated heterocycles. The highest BCUT2D eigenvalue weighted by atomic mass is 79.9. The van der Waals surface area contributed by atoms with Gasteiger partial charge in [-0.3, -0.25) is 0 Å². The molecular weight excluding hydrogens is 330 g/mol. The minimum atomic E-state index is 0.400. The summed E-state index contributed by atoms with van der Waals surface area (Å²) in [5, 5.41) is 4.49. The van der Waals surface area contributed by atoms with Crippen LogP contribution in [0.5, 0.6) is 0 Å². The molecule has 1 aromatic rings. The Labute approximate surface area is 136 Å². The van der Waals surface area contributed by atoms with Crippen LogP contribution in [0.4, 0.5) is 0 Å². The third kappa shape index (κ3) is 4.25. The van der Waals surface area contributed by atoms with Crippen molar-refractivity contribution >= 4 is 27.7 Å². The first-order chi connectivity index (χ1) is 9.53. The van der Waals surface area contributed by atoms with E-state index in [4.69, 9.17) is 0 Å². The summed E-state index contributed by atoms with van der Waals surface area (Å²) in [6.07, 6.45) is 5.22. The summed E-state index contributed by atoms with van der Waals surface area (Å²) in [5.41, 5.74) is 0.400. The first kappa shape index (κ1) is 16.4. The highest BCUT2D eigenvalue weighted by Crippen LogP contribution is 2.43. The zero-order valence-electron chi connectivity index (χ0n) is 12.8. The topological polar surface area (TPSA) is 12.0 Å². The van der Waals surface area contributed by atoms with Gasteiger partial charge in [0, 0.05) is 20.7 Å². The van der Waals surface area contributed by atoms with Gasteiger partial charge in [0.2, 0.25) is 0 Å². The van der Waals surface area contributed by atoms with Gasteiger partial charge in [-0.1, -0.05) is 49.2 Å². The summed E-state index contributed by atoms with van der Waals surface area (Å²) in [7, 11) is 0. The summed E-state index contributed by atoms with van der Waals surface area (Å²) in [4.78, 5) is 1.38. The molecule has 1 fully saturated rings. The molecule has 20 heavy (non-hydrogen) atoms. The Morgan fingerprint density at radius 2 is 2.20 bits per heavy atom. The van der Waals surface area contributed by atoms with Crippen molar-refractivity contribution in [2.45, 2.75) is 62.6 Å². The van der Waals surface area contributed by atoms with Gasteiger partial charge in [-0.15, -0.1) is 11.8 Å². The van der Waals surface area contributed by atoms with E-state index in [9.17, 15) is 0 Å². The molecule has 0 aromatic heterocycles. The molecule has 1 nitrogen and oxygen atoms in total. The molecule has 0 heterocycles. The summed E-state index contributed by atoms with van der Waals surface area (Å²) >= 11 is 5.62. The lowest BCUT2D eigenvalue weighted by atomic mass is 9.73. The molecule has 0 spiro atoms. The lowest BCUT2D eigenvalue weighted by Crippen LogP contribution is -2.51. The molecule has 1 aromatic carbocycles. The molecular formula is C17H26BrNS. The van der Waals surface area contributed by atoms with Crippen LogP contribution in [0.25, 0.3) is 0 Å². The molecule has 2 unspecified atom stereocenters. The molecule has 3 heteroatoms. The van der Waals surface area contributed by atoms with Crippen LogP contribution in [0, 0.1) is 5.41 Å². The summed E-state index contributed by atoms with van der Waals surface area (Å²) in [5.74, 6) is 0. The van der Waals surface area contributed by atoms with Gasteiger partial charge >= 0.3 is 0 Å². The number of halogens is 1. The number of thioether (sulfide) groups is 1. The maximum absolute atomic E-state index is 3.81. The Balaban J connectivity index is 2.10. The number of nitrogens with one attached hydrogen (secondary N) is 1. The van der Waals surface area contributed by atoms with E-state index < -0.39 is 0 Å². The molecule has 1 saturated carbocycles. The fourth-order valence-electron chi connectivity index (χ4n) is 3.13. The SMILES string of the molecule is CCCNC1C(Sc2cccc(Br)c2)CCCC1(C)C. The van der Waals surface area contributed by atoms with Crippen LogP contribution in [0.15, 0.2) is 33.6 Å². The molecule has 1 aliphatic carbocycles. The van der Waals surface area contributed by atoms with Gasteiger partial charge < -0.3 is 5.32 Å². The Morgan fingerprint density at radius 3 is 2.90 bits per heavy atom. The first-order valence-corrected chi connectivity index (χ1v) is 9.36. The van der Waals surface area contributed by atoms with Gasteiger partial charge in [0.25, 0.3) is 0 Å². The van der Waals surface area contributed by atoms with Crippen molar-refractivity contribution in [2.75, 3.05) is 6.54 Å². The number of hydrogen-bond acceptors (Lipinski definition) is 2. The summed E-state index contributed by atoms with van der Waals surface area (Å²) in [6.45, 7) is 8.23. The highest BCUT2D eigenvalue weighted by Gasteiger charge is 2.38. The van der Waals surface area contributed by atoms with Gasteiger partial charge in [-0.2, -0.15) is 0 Å². The predicted molar refractivity (Wildman–Crippen MR) is 93.5 cm³/mol. The number of benzene rings is 1. The largest absolute Gasteiger partial charge is 0.312 e. The third-order valence-electron chi connectivity index (χ3n) is 4.22. The fraction of sp³-hybridized carbons (Fsp3) is 0.647. The lowest BCUT2D eigenvalue weighted by molar-refractivity contribution is 0.175. The monoisotopic (exact) mass is 355 g/mol. The van der Waals surface area contributed by atoms with Crippen LogP contribution in [0.3, 0.4) is 0 Å². The van der Waals surface area contributed by atoms with Crippen molar-refractivity contribution in [3.63, 3.8) is 0 Å². The third-order valence-corrected chi connectivity index (χ3v) is 6.05. The molecule has 1 aliphatic rings. The van der Waals surface area contributed by atoms with Gasteiger partial charge in [-0.05, 0) is 49.4 Å². The second-order valence-corrected chi connectivity index (χ2v) is 8.65. The number of hydrogen-bond donors (Lipinski definition) is 1. The summed E-state index contributed by atoms with van der Waals surface area (Å²) in [6, 6.07) is 9.31. The average Bonchev–Trinajstić information content (AvgIpc) is 2.37. The zero-order chi connectivity index (χ0) is 14.6. The van der Waals surface area contributed by atoms with E-state index in [0.717, 1.165) is 6.54 Å². The number of rotatable bonds is 5. The molecule has 0 radical (unpaired) electrons. The van der Waals surface area contributed by atoms with Gasteiger partial charge in [0.1, 0.15) is 0 Å². The molecule has 0 amide bonds. The summed E-state index contributed by atoms with van der Waals surface area (Å²) < 4.78 is 1.18. The van der Waals surface area contributed by atoms with E-state index in [1.54, 1.807) is 0 Å². The van der Waals surface area contributed by atoms with Crippen molar-refractivity contribution in [3.8, 4) is 0 Å². The molecule has 0 aliphatic heterocycles. The molecule has 2 rings (SSSR count). The molecule has 1 N–H and O–H groups in total. The second-order valence-electron chi connectivity index (χ2n) is 6.43. The maximum atomic E-state index is 3.81. The Kier molecular flexibility index (Phi) is 6.00. The lowest BCUT2D eigenvalue weighted by Gasteiger charge is -2.44. The highest BCUT2D eigenvalue weighted by molar-refractivity contribution is 9.10. The van der Waals surface area contributed by atoms with Crippen molar-refractivity contribution in [1.82, 2.24) is 5.32 Å². The van der Waals surface area contributed by atoms with Gasteiger partial charge in [0.05, 0.1) is 0 Å². The van der Waals surface area contributed by atoms with E-state index >= 15 is 0 Å². The van der Waals surface area contributed by atoms with Gasteiger partial charge in [0.15, 0.2) is 0 Å². The smallest absolute Gasteiger partial charge is 0.0253 e. The molecule has 2 atom stereocenters. The minimum Gasteiger partial charge on any atom is -0.312 e. The van der Waals surface area contributed by atoms with E-state index in [0.29, 0.717) is 16.7 Å². The average molecular weight is 356 g/mol. The van der Waals surface area contributed by atoms with Crippen LogP contribution in [-0.4, -0.2) is 17.8 Å². The van der Waals surface area contributed by atoms with Gasteiger partial charge in [-0.25, -0.2) is 0 Å². The molecule has 112 valence electrons. The van der Waals surface area contributed by atoms with Crippen LogP contribution in [-0.2, 0) is 0 Å². The standard InChI is InChI=1S/C17H26BrNS/c1-4-11-19-16-15(9-6-10-17(16,2)3)20-14-8-5-7-13(18)12-14/h5,7-8,12,15-16,19H,4,6,9-11H2,1-3H3. The zero-order valence-corrected chi connectivity index (χ0v) is 15.2. The maximum Gasteiger partial charge on any atom is 0.0253 e. The Bertz CT molecular complexity index is 433. The van der Waals surface area contributed by atoms with Crippen LogP contribution in [0.2, 0.25) is 0 Å². The van der Waals surface area contributed by atoms with E-state index in [1.165, 1.54) is 35.1 Å². The Hall–Kier alpha value is 0.01000. The van der Waals surface area contributed by atoms with Crippen LogP contribution < -0.4 is 5.32 Å². The fourth-order valence-corrected chi connectivity index (χ4v) is 5.27. The van der Waals surface area contributed by atoms with E-state index in [-0.39, 0.29) is 0 Å². The van der Waals surface area contributed by atoms with Crippen LogP contribution >= 0.6 is 27.7 Å². The normalized spacial score (nSPS) is 25.6. The van der Waals surface area contributed by atoms with Crippen molar-refractivity contribution < 1.29 is 0 Å². The van der Waals surface area contributed by atoms with E-state index in [2.05, 4.69) is 66.3 Å². The second kappa shape index (κ2) is 7.33. The van der Waals surface area contributed by atoms with Crippen molar-refractivity contribution in [1.29, 1.82) is 0 Å². The minimum absolute atomic E-state index is 0.400.